The Bertz CT molecular complexity index is 2840. The van der Waals surface area contributed by atoms with Gasteiger partial charge in [-0.15, -0.1) is 0 Å². The van der Waals surface area contributed by atoms with Crippen LogP contribution >= 0.6 is 0 Å². The van der Waals surface area contributed by atoms with E-state index < -0.39 is 0 Å². The predicted octanol–water partition coefficient (Wildman–Crippen LogP) is 12.4. The maximum atomic E-state index is 6.27. The van der Waals surface area contributed by atoms with Crippen molar-refractivity contribution >= 4 is 60.3 Å². The van der Waals surface area contributed by atoms with Crippen molar-refractivity contribution in [2.75, 3.05) is 0 Å². The van der Waals surface area contributed by atoms with Crippen LogP contribution in [0, 0.1) is 0 Å². The highest BCUT2D eigenvalue weighted by Crippen LogP contribution is 2.37. The van der Waals surface area contributed by atoms with E-state index in [0.717, 1.165) is 60.4 Å². The molecule has 0 saturated heterocycles. The molecule has 0 saturated carbocycles. The summed E-state index contributed by atoms with van der Waals surface area (Å²) in [6.07, 6.45) is 12.3. The highest BCUT2D eigenvalue weighted by molar-refractivity contribution is 6.12. The third-order valence-corrected chi connectivity index (χ3v) is 9.24. The van der Waals surface area contributed by atoms with Gasteiger partial charge >= 0.3 is 0 Å². The molecular weight excluding hydrogens is 611 g/mol. The minimum absolute atomic E-state index is 0.597. The predicted molar refractivity (Wildman–Crippen MR) is 209 cm³/mol. The zero-order valence-electron chi connectivity index (χ0n) is 27.4. The van der Waals surface area contributed by atoms with Crippen LogP contribution in [0.2, 0.25) is 0 Å². The van der Waals surface area contributed by atoms with Gasteiger partial charge in [-0.1, -0.05) is 140 Å². The Labute approximate surface area is 289 Å². The van der Waals surface area contributed by atoms with Crippen LogP contribution in [-0.2, 0) is 0 Å². The fourth-order valence-corrected chi connectivity index (χ4v) is 6.86. The zero-order chi connectivity index (χ0) is 33.4. The molecule has 0 amide bonds. The number of allylic oxidation sites excluding steroid dienone is 5. The molecule has 0 aliphatic heterocycles. The third-order valence-electron chi connectivity index (χ3n) is 9.24. The van der Waals surface area contributed by atoms with Crippen LogP contribution in [-0.4, -0.2) is 15.0 Å². The molecule has 2 aromatic heterocycles. The number of hydrogen-bond acceptors (Lipinski definition) is 4. The van der Waals surface area contributed by atoms with Gasteiger partial charge in [0.15, 0.2) is 17.5 Å². The van der Waals surface area contributed by atoms with E-state index in [0.29, 0.717) is 17.5 Å². The average Bonchev–Trinajstić information content (AvgIpc) is 3.56. The van der Waals surface area contributed by atoms with Crippen molar-refractivity contribution in [3.05, 3.63) is 169 Å². The van der Waals surface area contributed by atoms with E-state index in [-0.39, 0.29) is 0 Å². The first kappa shape index (κ1) is 29.5. The van der Waals surface area contributed by atoms with Gasteiger partial charge < -0.3 is 4.42 Å². The molecule has 0 N–H and O–H groups in total. The minimum Gasteiger partial charge on any atom is -0.456 e. The number of nitrogens with zero attached hydrogens (tertiary/aromatic N) is 3. The van der Waals surface area contributed by atoms with E-state index in [1.807, 2.05) is 61.6 Å². The van der Waals surface area contributed by atoms with Gasteiger partial charge in [0.2, 0.25) is 0 Å². The maximum absolute atomic E-state index is 6.27. The summed E-state index contributed by atoms with van der Waals surface area (Å²) in [5.41, 5.74) is 5.47. The van der Waals surface area contributed by atoms with Crippen molar-refractivity contribution < 1.29 is 4.42 Å². The summed E-state index contributed by atoms with van der Waals surface area (Å²) < 4.78 is 6.27. The molecule has 2 heterocycles. The Balaban J connectivity index is 1.30. The Hall–Kier alpha value is -6.65. The quantitative estimate of drug-likeness (QED) is 0.134. The first-order valence-electron chi connectivity index (χ1n) is 16.8. The molecule has 9 aromatic rings. The van der Waals surface area contributed by atoms with Gasteiger partial charge in [-0.2, -0.15) is 0 Å². The third kappa shape index (κ3) is 5.24. The van der Waals surface area contributed by atoms with Gasteiger partial charge in [0.05, 0.1) is 0 Å². The molecule has 4 heteroatoms. The second kappa shape index (κ2) is 12.4. The molecule has 236 valence electrons. The highest BCUT2D eigenvalue weighted by atomic mass is 16.3. The largest absolute Gasteiger partial charge is 0.456 e. The highest BCUT2D eigenvalue weighted by Gasteiger charge is 2.18. The Morgan fingerprint density at radius 1 is 0.460 bits per heavy atom. The summed E-state index contributed by atoms with van der Waals surface area (Å²) in [4.78, 5) is 15.6. The molecule has 4 nitrogen and oxygen atoms in total. The van der Waals surface area contributed by atoms with Crippen molar-refractivity contribution in [3.8, 4) is 34.2 Å². The van der Waals surface area contributed by atoms with Crippen molar-refractivity contribution in [2.24, 2.45) is 0 Å². The molecule has 50 heavy (non-hydrogen) atoms. The van der Waals surface area contributed by atoms with Gasteiger partial charge in [-0.25, -0.2) is 15.0 Å². The van der Waals surface area contributed by atoms with Crippen LogP contribution in [0.5, 0.6) is 0 Å². The van der Waals surface area contributed by atoms with Gasteiger partial charge in [0.25, 0.3) is 0 Å². The summed E-state index contributed by atoms with van der Waals surface area (Å²) >= 11 is 0. The molecule has 0 fully saturated rings. The van der Waals surface area contributed by atoms with Crippen LogP contribution in [0.4, 0.5) is 0 Å². The Morgan fingerprint density at radius 3 is 1.98 bits per heavy atom. The van der Waals surface area contributed by atoms with Gasteiger partial charge in [-0.3, -0.25) is 0 Å². The van der Waals surface area contributed by atoms with Crippen LogP contribution in [0.15, 0.2) is 168 Å². The summed E-state index contributed by atoms with van der Waals surface area (Å²) in [5, 5.41) is 9.04. The van der Waals surface area contributed by atoms with E-state index >= 15 is 0 Å². The summed E-state index contributed by atoms with van der Waals surface area (Å²) in [6.45, 7) is 2.01. The molecule has 0 unspecified atom stereocenters. The number of para-hydroxylation sites is 1. The normalized spacial score (nSPS) is 12.3. The molecule has 0 atom stereocenters. The molecule has 0 radical (unpaired) electrons. The number of aromatic nitrogens is 3. The summed E-state index contributed by atoms with van der Waals surface area (Å²) in [6, 6.07) is 46.3. The van der Waals surface area contributed by atoms with Crippen LogP contribution < -0.4 is 0 Å². The molecule has 0 aliphatic rings. The molecule has 7 aromatic carbocycles. The Kier molecular flexibility index (Phi) is 7.33. The van der Waals surface area contributed by atoms with E-state index in [1.165, 1.54) is 16.2 Å². The standard InChI is InChI=1S/C46H31N3O/c1-2-3-4-5-6-15-32-27-35(28-33-16-8-9-17-36(32)33)45-47-44(34-26-25-31-24-23-30-14-7-10-18-37(30)40(31)29-34)48-46(49-45)39-20-13-22-42-43(39)38-19-11-12-21-41(38)50-42/h2-29H,1H3/b3-2-,5-4-,15-6+. The molecule has 0 bridgehead atoms. The fraction of sp³-hybridized carbons (Fsp3) is 0.0217. The lowest BCUT2D eigenvalue weighted by Crippen LogP contribution is -2.01. The number of fused-ring (bicyclic) bond motifs is 7. The van der Waals surface area contributed by atoms with E-state index in [9.17, 15) is 0 Å². The van der Waals surface area contributed by atoms with Gasteiger partial charge in [0.1, 0.15) is 11.2 Å². The molecule has 0 aliphatic carbocycles. The monoisotopic (exact) mass is 641 g/mol. The van der Waals surface area contributed by atoms with Gasteiger partial charge in [-0.05, 0) is 75.1 Å². The van der Waals surface area contributed by atoms with Crippen molar-refractivity contribution in [1.82, 2.24) is 15.0 Å². The lowest BCUT2D eigenvalue weighted by molar-refractivity contribution is 0.669. The summed E-state index contributed by atoms with van der Waals surface area (Å²) in [5.74, 6) is 1.82. The van der Waals surface area contributed by atoms with Crippen molar-refractivity contribution in [2.45, 2.75) is 6.92 Å². The number of furan rings is 1. The molecule has 9 rings (SSSR count). The van der Waals surface area contributed by atoms with Crippen LogP contribution in [0.25, 0.3) is 94.5 Å². The first-order valence-corrected chi connectivity index (χ1v) is 16.8. The first-order chi connectivity index (χ1) is 24.7. The van der Waals surface area contributed by atoms with Crippen LogP contribution in [0.3, 0.4) is 0 Å². The second-order valence-electron chi connectivity index (χ2n) is 12.4. The number of hydrogen-bond donors (Lipinski definition) is 0. The lowest BCUT2D eigenvalue weighted by Gasteiger charge is -2.12. The molecule has 0 spiro atoms. The molecular formula is C46H31N3O. The van der Waals surface area contributed by atoms with E-state index in [2.05, 4.69) is 115 Å². The van der Waals surface area contributed by atoms with E-state index in [4.69, 9.17) is 19.4 Å². The van der Waals surface area contributed by atoms with Crippen molar-refractivity contribution in [1.29, 1.82) is 0 Å². The van der Waals surface area contributed by atoms with Crippen LogP contribution in [0.1, 0.15) is 12.5 Å². The van der Waals surface area contributed by atoms with Crippen molar-refractivity contribution in [3.63, 3.8) is 0 Å². The smallest absolute Gasteiger partial charge is 0.164 e. The van der Waals surface area contributed by atoms with E-state index in [1.54, 1.807) is 0 Å². The SMILES string of the molecule is C\C=C/C=C\C=C\c1cc(-c2nc(-c3ccc4ccc5ccccc5c4c3)nc(-c3cccc4oc5ccccc5c34)n2)cc2ccccc12. The average molecular weight is 642 g/mol. The minimum atomic E-state index is 0.597. The zero-order valence-corrected chi connectivity index (χ0v) is 27.4. The van der Waals surface area contributed by atoms with Gasteiger partial charge in [0, 0.05) is 27.5 Å². The number of benzene rings is 7. The Morgan fingerprint density at radius 2 is 1.12 bits per heavy atom. The second-order valence-corrected chi connectivity index (χ2v) is 12.4. The fourth-order valence-electron chi connectivity index (χ4n) is 6.86. The number of rotatable bonds is 6. The lowest BCUT2D eigenvalue weighted by atomic mass is 9.99. The maximum Gasteiger partial charge on any atom is 0.164 e. The summed E-state index contributed by atoms with van der Waals surface area (Å²) in [7, 11) is 0. The topological polar surface area (TPSA) is 51.8 Å².